The van der Waals surface area contributed by atoms with Crippen molar-refractivity contribution in [2.45, 2.75) is 42.7 Å². The average molecular weight is 506 g/mol. The molecule has 2 atom stereocenters. The van der Waals surface area contributed by atoms with E-state index in [-0.39, 0.29) is 26.0 Å². The van der Waals surface area contributed by atoms with Crippen molar-refractivity contribution in [3.05, 3.63) is 57.3 Å². The molecule has 10 heteroatoms. The molecule has 0 bridgehead atoms. The number of aliphatic hydroxyl groups is 1. The van der Waals surface area contributed by atoms with Gasteiger partial charge in [0.2, 0.25) is 10.0 Å². The van der Waals surface area contributed by atoms with Crippen molar-refractivity contribution >= 4 is 49.1 Å². The first-order chi connectivity index (χ1) is 13.7. The Hall–Kier alpha value is -1.52. The topological polar surface area (TPSA) is 95.5 Å². The number of sulfonamides is 1. The Bertz CT molecular complexity index is 1030. The fourth-order valence-corrected chi connectivity index (χ4v) is 5.07. The molecule has 0 spiro atoms. The molecule has 2 unspecified atom stereocenters. The van der Waals surface area contributed by atoms with Crippen LogP contribution >= 0.6 is 27.5 Å². The quantitative estimate of drug-likeness (QED) is 0.571. The first-order valence-electron chi connectivity index (χ1n) is 8.92. The number of anilines is 1. The molecule has 1 aliphatic rings. The third-order valence-corrected chi connectivity index (χ3v) is 7.09. The molecule has 0 aliphatic heterocycles. The van der Waals surface area contributed by atoms with Gasteiger partial charge in [-0.05, 0) is 78.0 Å². The lowest BCUT2D eigenvalue weighted by molar-refractivity contribution is 0.102. The maximum atomic E-state index is 13.4. The van der Waals surface area contributed by atoms with E-state index in [9.17, 15) is 22.7 Å². The molecule has 6 nitrogen and oxygen atoms in total. The van der Waals surface area contributed by atoms with E-state index in [4.69, 9.17) is 11.6 Å². The molecule has 1 saturated carbocycles. The third kappa shape index (κ3) is 5.55. The van der Waals surface area contributed by atoms with E-state index in [2.05, 4.69) is 26.0 Å². The van der Waals surface area contributed by atoms with Crippen LogP contribution in [0.3, 0.4) is 0 Å². The predicted molar refractivity (Wildman–Crippen MR) is 112 cm³/mol. The van der Waals surface area contributed by atoms with Gasteiger partial charge < -0.3 is 10.4 Å². The molecular weight excluding hydrogens is 487 g/mol. The summed E-state index contributed by atoms with van der Waals surface area (Å²) in [6.07, 6.45) is 1.84. The van der Waals surface area contributed by atoms with Crippen LogP contribution in [0.2, 0.25) is 5.02 Å². The highest BCUT2D eigenvalue weighted by Gasteiger charge is 2.26. The van der Waals surface area contributed by atoms with E-state index < -0.39 is 27.9 Å². The number of carbonyl (C=O) groups excluding carboxylic acids is 1. The summed E-state index contributed by atoms with van der Waals surface area (Å²) in [7, 11) is -3.90. The van der Waals surface area contributed by atoms with Gasteiger partial charge in [0.1, 0.15) is 5.82 Å². The minimum atomic E-state index is -3.90. The van der Waals surface area contributed by atoms with Gasteiger partial charge in [0.05, 0.1) is 26.1 Å². The Morgan fingerprint density at radius 1 is 1.21 bits per heavy atom. The second-order valence-corrected chi connectivity index (χ2v) is 9.84. The minimum absolute atomic E-state index is 0.0290. The maximum absolute atomic E-state index is 13.4. The smallest absolute Gasteiger partial charge is 0.257 e. The summed E-state index contributed by atoms with van der Waals surface area (Å²) in [5.74, 6) is -1.10. The van der Waals surface area contributed by atoms with E-state index >= 15 is 0 Å². The SMILES string of the molecule is O=C(Nc1ccc(F)c(Br)c1)c1cc(S(=O)(=O)NC2CCCC(O)C2)ccc1Cl. The van der Waals surface area contributed by atoms with Crippen molar-refractivity contribution in [1.82, 2.24) is 4.72 Å². The number of hydrogen-bond acceptors (Lipinski definition) is 4. The summed E-state index contributed by atoms with van der Waals surface area (Å²) >= 11 is 9.13. The third-order valence-electron chi connectivity index (χ3n) is 4.64. The molecule has 1 fully saturated rings. The fraction of sp³-hybridized carbons (Fsp3) is 0.316. The molecule has 2 aromatic carbocycles. The number of carbonyl (C=O) groups is 1. The van der Waals surface area contributed by atoms with Crippen molar-refractivity contribution in [1.29, 1.82) is 0 Å². The summed E-state index contributed by atoms with van der Waals surface area (Å²) in [6, 6.07) is 7.42. The van der Waals surface area contributed by atoms with Crippen LogP contribution in [0.4, 0.5) is 10.1 Å². The number of halogens is 3. The van der Waals surface area contributed by atoms with Crippen LogP contribution in [0.25, 0.3) is 0 Å². The number of rotatable bonds is 5. The van der Waals surface area contributed by atoms with Crippen LogP contribution in [0.15, 0.2) is 45.8 Å². The van der Waals surface area contributed by atoms with Gasteiger partial charge >= 0.3 is 0 Å². The fourth-order valence-electron chi connectivity index (χ4n) is 3.18. The monoisotopic (exact) mass is 504 g/mol. The Morgan fingerprint density at radius 2 is 1.97 bits per heavy atom. The van der Waals surface area contributed by atoms with E-state index in [0.29, 0.717) is 24.9 Å². The zero-order valence-electron chi connectivity index (χ0n) is 15.2. The second kappa shape index (κ2) is 9.09. The van der Waals surface area contributed by atoms with Crippen molar-refractivity contribution < 1.29 is 22.7 Å². The van der Waals surface area contributed by atoms with E-state index in [1.54, 1.807) is 0 Å². The Morgan fingerprint density at radius 3 is 2.66 bits per heavy atom. The number of hydrogen-bond donors (Lipinski definition) is 3. The number of amides is 1. The lowest BCUT2D eigenvalue weighted by atomic mass is 9.94. The normalized spacial score (nSPS) is 19.7. The molecule has 3 rings (SSSR count). The van der Waals surface area contributed by atoms with Gasteiger partial charge in [-0.3, -0.25) is 4.79 Å². The summed E-state index contributed by atoms with van der Waals surface area (Å²) in [5.41, 5.74) is 0.292. The molecule has 0 heterocycles. The van der Waals surface area contributed by atoms with Crippen LogP contribution in [0.5, 0.6) is 0 Å². The summed E-state index contributed by atoms with van der Waals surface area (Å²) in [6.45, 7) is 0. The standard InChI is InChI=1S/C19H19BrClFN2O4S/c20-16-9-11(4-7-18(16)22)23-19(26)15-10-14(5-6-17(15)21)29(27,28)24-12-2-1-3-13(25)8-12/h4-7,9-10,12-13,24-25H,1-3,8H2,(H,23,26). The van der Waals surface area contributed by atoms with Crippen LogP contribution < -0.4 is 10.0 Å². The predicted octanol–water partition coefficient (Wildman–Crippen LogP) is 4.08. The van der Waals surface area contributed by atoms with Gasteiger partial charge in [-0.1, -0.05) is 11.6 Å². The largest absolute Gasteiger partial charge is 0.393 e. The van der Waals surface area contributed by atoms with Crippen molar-refractivity contribution in [2.75, 3.05) is 5.32 Å². The molecule has 0 aromatic heterocycles. The van der Waals surface area contributed by atoms with Crippen molar-refractivity contribution in [3.63, 3.8) is 0 Å². The van der Waals surface area contributed by atoms with Crippen LogP contribution in [0, 0.1) is 5.82 Å². The molecule has 3 N–H and O–H groups in total. The van der Waals surface area contributed by atoms with Gasteiger partial charge in [-0.25, -0.2) is 17.5 Å². The van der Waals surface area contributed by atoms with Gasteiger partial charge in [0.15, 0.2) is 0 Å². The number of nitrogens with one attached hydrogen (secondary N) is 2. The van der Waals surface area contributed by atoms with E-state index in [1.807, 2.05) is 0 Å². The van der Waals surface area contributed by atoms with E-state index in [0.717, 1.165) is 6.42 Å². The molecule has 0 radical (unpaired) electrons. The maximum Gasteiger partial charge on any atom is 0.257 e. The van der Waals surface area contributed by atoms with Crippen LogP contribution in [-0.4, -0.2) is 31.6 Å². The zero-order chi connectivity index (χ0) is 21.2. The Kier molecular flexibility index (Phi) is 6.95. The van der Waals surface area contributed by atoms with Crippen molar-refractivity contribution in [3.8, 4) is 0 Å². The van der Waals surface area contributed by atoms with E-state index in [1.165, 1.54) is 36.4 Å². The molecule has 1 amide bonds. The Labute approximate surface area is 181 Å². The molecule has 2 aromatic rings. The molecule has 1 aliphatic carbocycles. The van der Waals surface area contributed by atoms with Crippen LogP contribution in [0.1, 0.15) is 36.0 Å². The molecular formula is C19H19BrClFN2O4S. The average Bonchev–Trinajstić information content (AvgIpc) is 2.64. The Balaban J connectivity index is 1.81. The lowest BCUT2D eigenvalue weighted by Gasteiger charge is -2.26. The summed E-state index contributed by atoms with van der Waals surface area (Å²) < 4.78 is 41.5. The number of aliphatic hydroxyl groups excluding tert-OH is 1. The van der Waals surface area contributed by atoms with Crippen molar-refractivity contribution in [2.24, 2.45) is 0 Å². The first-order valence-corrected chi connectivity index (χ1v) is 11.6. The zero-order valence-corrected chi connectivity index (χ0v) is 18.3. The summed E-state index contributed by atoms with van der Waals surface area (Å²) in [5, 5.41) is 12.4. The van der Waals surface area contributed by atoms with Gasteiger partial charge in [0, 0.05) is 11.7 Å². The molecule has 156 valence electrons. The summed E-state index contributed by atoms with van der Waals surface area (Å²) in [4.78, 5) is 12.5. The second-order valence-electron chi connectivity index (χ2n) is 6.86. The first kappa shape index (κ1) is 22.2. The van der Waals surface area contributed by atoms with Crippen LogP contribution in [-0.2, 0) is 10.0 Å². The highest BCUT2D eigenvalue weighted by atomic mass is 79.9. The molecule has 0 saturated heterocycles. The van der Waals surface area contributed by atoms with Gasteiger partial charge in [0.25, 0.3) is 5.91 Å². The van der Waals surface area contributed by atoms with Gasteiger partial charge in [-0.2, -0.15) is 0 Å². The highest BCUT2D eigenvalue weighted by Crippen LogP contribution is 2.25. The highest BCUT2D eigenvalue weighted by molar-refractivity contribution is 9.10. The minimum Gasteiger partial charge on any atom is -0.393 e. The lowest BCUT2D eigenvalue weighted by Crippen LogP contribution is -2.39. The number of benzene rings is 2. The van der Waals surface area contributed by atoms with Gasteiger partial charge in [-0.15, -0.1) is 0 Å². The molecule has 29 heavy (non-hydrogen) atoms.